The first-order chi connectivity index (χ1) is 5.47. The lowest BCUT2D eigenvalue weighted by molar-refractivity contribution is -0.455. The molecule has 0 amide bonds. The van der Waals surface area contributed by atoms with E-state index in [-0.39, 0.29) is 6.73 Å². The number of aromatic nitrogens is 3. The molecule has 0 radical (unpaired) electrons. The van der Waals surface area contributed by atoms with E-state index in [0.29, 0.717) is 5.82 Å². The summed E-state index contributed by atoms with van der Waals surface area (Å²) in [5.74, 6) is 0.484. The number of rotatable bonds is 1. The summed E-state index contributed by atoms with van der Waals surface area (Å²) >= 11 is 0. The van der Waals surface area contributed by atoms with Gasteiger partial charge in [-0.05, 0) is 10.3 Å². The highest BCUT2D eigenvalue weighted by Crippen LogP contribution is 2.12. The summed E-state index contributed by atoms with van der Waals surface area (Å²) in [6.07, 6.45) is 1.49. The second-order valence-electron chi connectivity index (χ2n) is 1.75. The first-order valence-electron chi connectivity index (χ1n) is 2.85. The van der Waals surface area contributed by atoms with E-state index in [4.69, 9.17) is 0 Å². The molecule has 0 spiro atoms. The molecule has 1 aromatic rings. The van der Waals surface area contributed by atoms with Crippen LogP contribution >= 0.6 is 0 Å². The van der Waals surface area contributed by atoms with Gasteiger partial charge in [0.25, 0.3) is 0 Å². The highest BCUT2D eigenvalue weighted by Gasteiger charge is 2.17. The number of nitrogens with zero attached hydrogens (tertiary/aromatic N) is 4. The van der Waals surface area contributed by atoms with Crippen LogP contribution in [0.25, 0.3) is 0 Å². The van der Waals surface area contributed by atoms with Gasteiger partial charge in [0.1, 0.15) is 0 Å². The summed E-state index contributed by atoms with van der Waals surface area (Å²) in [6, 6.07) is 1.62. The van der Waals surface area contributed by atoms with Crippen LogP contribution < -0.4 is 5.06 Å². The maximum Gasteiger partial charge on any atom is 0.186 e. The molecule has 1 saturated heterocycles. The van der Waals surface area contributed by atoms with Gasteiger partial charge in [0.05, 0.1) is 6.20 Å². The van der Waals surface area contributed by atoms with Crippen LogP contribution in [0.1, 0.15) is 0 Å². The van der Waals surface area contributed by atoms with Crippen molar-refractivity contribution in [2.75, 3.05) is 11.8 Å². The Labute approximate surface area is 61.3 Å². The Bertz CT molecular complexity index is 224. The Hall–Kier alpha value is -1.31. The third-order valence-corrected chi connectivity index (χ3v) is 1.08. The van der Waals surface area contributed by atoms with E-state index >= 15 is 0 Å². The van der Waals surface area contributed by atoms with Gasteiger partial charge in [-0.25, -0.2) is 0 Å². The number of anilines is 1. The highest BCUT2D eigenvalue weighted by molar-refractivity contribution is 5.30. The second-order valence-corrected chi connectivity index (χ2v) is 1.75. The minimum absolute atomic E-state index is 0.165. The van der Waals surface area contributed by atoms with Gasteiger partial charge in [-0.1, -0.05) is 4.99 Å². The molecule has 1 fully saturated rings. The van der Waals surface area contributed by atoms with Gasteiger partial charge in [-0.15, -0.1) is 10.2 Å². The number of hydroxylamine groups is 1. The fourth-order valence-corrected chi connectivity index (χ4v) is 0.621. The van der Waals surface area contributed by atoms with Crippen molar-refractivity contribution >= 4 is 5.82 Å². The summed E-state index contributed by atoms with van der Waals surface area (Å²) < 4.78 is 0. The highest BCUT2D eigenvalue weighted by atomic mass is 17.6. The molecular weight excluding hydrogens is 152 g/mol. The monoisotopic (exact) mass is 156 g/mol. The molecule has 0 atom stereocenters. The zero-order valence-corrected chi connectivity index (χ0v) is 5.38. The third-order valence-electron chi connectivity index (χ3n) is 1.08. The summed E-state index contributed by atoms with van der Waals surface area (Å²) in [4.78, 5) is 8.95. The molecule has 0 unspecified atom stereocenters. The predicted molar refractivity (Wildman–Crippen MR) is 30.4 cm³/mol. The van der Waals surface area contributed by atoms with Crippen molar-refractivity contribution in [2.24, 2.45) is 0 Å². The number of hydrogen-bond donors (Lipinski definition) is 0. The largest absolute Gasteiger partial charge is 0.186 e. The van der Waals surface area contributed by atoms with Crippen LogP contribution in [0.4, 0.5) is 5.82 Å². The van der Waals surface area contributed by atoms with Crippen LogP contribution in [0.15, 0.2) is 12.3 Å². The van der Waals surface area contributed by atoms with E-state index in [1.807, 2.05) is 0 Å². The fraction of sp³-hybridized carbons (Fsp3) is 0.250. The zero-order valence-electron chi connectivity index (χ0n) is 5.38. The molecular formula is C4H4N4O3. The lowest BCUT2D eigenvalue weighted by Gasteiger charge is -2.05. The summed E-state index contributed by atoms with van der Waals surface area (Å²) in [5.41, 5.74) is 0. The summed E-state index contributed by atoms with van der Waals surface area (Å²) in [6.45, 7) is 0.165. The predicted octanol–water partition coefficient (Wildman–Crippen LogP) is -0.556. The van der Waals surface area contributed by atoms with Crippen molar-refractivity contribution in [3.63, 3.8) is 0 Å². The Kier molecular flexibility index (Phi) is 1.60. The minimum atomic E-state index is 0.165. The van der Waals surface area contributed by atoms with Crippen molar-refractivity contribution < 1.29 is 14.9 Å². The quantitative estimate of drug-likeness (QED) is 0.505. The Morgan fingerprint density at radius 3 is 3.18 bits per heavy atom. The van der Waals surface area contributed by atoms with Gasteiger partial charge in [-0.2, -0.15) is 9.95 Å². The molecule has 0 saturated carbocycles. The molecule has 0 aromatic carbocycles. The van der Waals surface area contributed by atoms with E-state index in [1.54, 1.807) is 6.07 Å². The molecule has 7 nitrogen and oxygen atoms in total. The van der Waals surface area contributed by atoms with Gasteiger partial charge in [0.15, 0.2) is 12.5 Å². The molecule has 0 bridgehead atoms. The molecule has 2 rings (SSSR count). The zero-order chi connectivity index (χ0) is 7.52. The van der Waals surface area contributed by atoms with E-state index < -0.39 is 0 Å². The van der Waals surface area contributed by atoms with Crippen LogP contribution in [0.3, 0.4) is 0 Å². The summed E-state index contributed by atoms with van der Waals surface area (Å²) in [5, 5.41) is 16.0. The topological polar surface area (TPSA) is 69.6 Å². The number of hydrogen-bond acceptors (Lipinski definition) is 7. The van der Waals surface area contributed by atoms with Crippen molar-refractivity contribution in [1.82, 2.24) is 15.4 Å². The summed E-state index contributed by atoms with van der Waals surface area (Å²) in [7, 11) is 0. The van der Waals surface area contributed by atoms with Crippen molar-refractivity contribution in [2.45, 2.75) is 0 Å². The minimum Gasteiger partial charge on any atom is -0.180 e. The maximum absolute atomic E-state index is 4.52. The van der Waals surface area contributed by atoms with Crippen LogP contribution in [-0.2, 0) is 14.9 Å². The molecule has 2 heterocycles. The van der Waals surface area contributed by atoms with Crippen LogP contribution in [0.5, 0.6) is 0 Å². The molecule has 7 heteroatoms. The fourth-order valence-electron chi connectivity index (χ4n) is 0.621. The van der Waals surface area contributed by atoms with Crippen molar-refractivity contribution in [1.29, 1.82) is 0 Å². The maximum atomic E-state index is 4.52. The van der Waals surface area contributed by atoms with E-state index in [1.165, 1.54) is 11.3 Å². The van der Waals surface area contributed by atoms with Crippen LogP contribution in [-0.4, -0.2) is 22.1 Å². The van der Waals surface area contributed by atoms with Crippen molar-refractivity contribution in [3.8, 4) is 0 Å². The van der Waals surface area contributed by atoms with Crippen LogP contribution in [0, 0.1) is 0 Å². The van der Waals surface area contributed by atoms with Crippen molar-refractivity contribution in [3.05, 3.63) is 12.3 Å². The molecule has 0 aliphatic carbocycles. The standard InChI is InChI=1S/C4H4N4O3/c1-2-5-7-6-4(1)8-3-9-11-10-8/h1-2H,3H2. The first-order valence-corrected chi connectivity index (χ1v) is 2.85. The second kappa shape index (κ2) is 2.74. The van der Waals surface area contributed by atoms with E-state index in [2.05, 4.69) is 30.3 Å². The Balaban J connectivity index is 2.16. The normalized spacial score (nSPS) is 17.3. The lowest BCUT2D eigenvalue weighted by atomic mass is 10.6. The van der Waals surface area contributed by atoms with Gasteiger partial charge in [0.2, 0.25) is 0 Å². The van der Waals surface area contributed by atoms with Crippen LogP contribution in [0.2, 0.25) is 0 Å². The SMILES string of the molecule is c1cc(N2COOO2)nnn1. The average molecular weight is 156 g/mol. The molecule has 1 aliphatic rings. The van der Waals surface area contributed by atoms with Gasteiger partial charge in [0, 0.05) is 6.07 Å². The Morgan fingerprint density at radius 1 is 1.55 bits per heavy atom. The van der Waals surface area contributed by atoms with Gasteiger partial charge < -0.3 is 0 Å². The molecule has 58 valence electrons. The first kappa shape index (κ1) is 6.40. The lowest BCUT2D eigenvalue weighted by Crippen LogP contribution is -2.17. The molecule has 1 aromatic heterocycles. The van der Waals surface area contributed by atoms with Gasteiger partial charge >= 0.3 is 0 Å². The van der Waals surface area contributed by atoms with E-state index in [9.17, 15) is 0 Å². The molecule has 0 N–H and O–H groups in total. The molecule has 1 aliphatic heterocycles. The smallest absolute Gasteiger partial charge is 0.180 e. The van der Waals surface area contributed by atoms with E-state index in [0.717, 1.165) is 0 Å². The Morgan fingerprint density at radius 2 is 2.55 bits per heavy atom. The van der Waals surface area contributed by atoms with Gasteiger partial charge in [-0.3, -0.25) is 0 Å². The average Bonchev–Trinajstić information content (AvgIpc) is 2.58. The third kappa shape index (κ3) is 1.24. The molecule has 11 heavy (non-hydrogen) atoms.